The van der Waals surface area contributed by atoms with E-state index in [2.05, 4.69) is 30.7 Å². The Morgan fingerprint density at radius 3 is 2.38 bits per heavy atom. The molecule has 2 N–H and O–H groups in total. The minimum absolute atomic E-state index is 0.0844. The molecule has 0 radical (unpaired) electrons. The Bertz CT molecular complexity index is 940. The zero-order valence-corrected chi connectivity index (χ0v) is 16.0. The zero-order chi connectivity index (χ0) is 19.1. The average molecular weight is 373 g/mol. The Hall–Kier alpha value is -2.41. The molecule has 1 aliphatic rings. The van der Waals surface area contributed by atoms with Crippen molar-refractivity contribution in [2.45, 2.75) is 42.7 Å². The second-order valence-corrected chi connectivity index (χ2v) is 9.30. The van der Waals surface area contributed by atoms with Gasteiger partial charge in [-0.1, -0.05) is 25.1 Å². The van der Waals surface area contributed by atoms with Gasteiger partial charge in [0.15, 0.2) is 5.03 Å². The van der Waals surface area contributed by atoms with Crippen molar-refractivity contribution >= 4 is 21.6 Å². The lowest BCUT2D eigenvalue weighted by atomic mass is 9.98. The van der Waals surface area contributed by atoms with Crippen molar-refractivity contribution in [1.82, 2.24) is 4.98 Å². The summed E-state index contributed by atoms with van der Waals surface area (Å²) in [5.41, 5.74) is 5.17. The van der Waals surface area contributed by atoms with E-state index in [0.717, 1.165) is 13.0 Å². The van der Waals surface area contributed by atoms with Crippen LogP contribution in [-0.4, -0.2) is 31.4 Å². The Morgan fingerprint density at radius 1 is 1.19 bits per heavy atom. The summed E-state index contributed by atoms with van der Waals surface area (Å²) in [4.78, 5) is 18.4. The highest BCUT2D eigenvalue weighted by molar-refractivity contribution is 7.91. The fraction of sp³-hybridized carbons (Fsp3) is 0.368. The fourth-order valence-electron chi connectivity index (χ4n) is 3.67. The van der Waals surface area contributed by atoms with Gasteiger partial charge in [0.25, 0.3) is 5.91 Å². The highest BCUT2D eigenvalue weighted by Crippen LogP contribution is 2.36. The van der Waals surface area contributed by atoms with Crippen LogP contribution in [0.4, 0.5) is 5.82 Å². The minimum Gasteiger partial charge on any atom is -0.366 e. The van der Waals surface area contributed by atoms with Crippen LogP contribution in [0, 0.1) is 5.92 Å². The molecule has 26 heavy (non-hydrogen) atoms. The Morgan fingerprint density at radius 2 is 1.85 bits per heavy atom. The second kappa shape index (κ2) is 6.39. The van der Waals surface area contributed by atoms with E-state index in [1.807, 2.05) is 0 Å². The first-order valence-corrected chi connectivity index (χ1v) is 10.00. The molecule has 1 aromatic carbocycles. The number of aromatic nitrogens is 1. The maximum absolute atomic E-state index is 13.1. The van der Waals surface area contributed by atoms with Crippen molar-refractivity contribution in [2.75, 3.05) is 11.4 Å². The number of primary amides is 1. The normalized spacial score (nSPS) is 19.5. The summed E-state index contributed by atoms with van der Waals surface area (Å²) < 4.78 is 26.1. The maximum atomic E-state index is 13.1. The first-order chi connectivity index (χ1) is 12.1. The van der Waals surface area contributed by atoms with Crippen molar-refractivity contribution in [3.8, 4) is 0 Å². The molecule has 138 valence electrons. The van der Waals surface area contributed by atoms with Crippen molar-refractivity contribution in [3.05, 3.63) is 48.0 Å². The standard InChI is InChI=1S/C19H23N3O3S/c1-13-11-19(2,3)22(12-13)16-10-9-15(17(20)23)18(21-16)26(24,25)14-7-5-4-6-8-14/h4-10,13H,11-12H2,1-3H3,(H2,20,23)/t13-/m0/s1. The van der Waals surface area contributed by atoms with Gasteiger partial charge in [0.05, 0.1) is 10.5 Å². The van der Waals surface area contributed by atoms with Crippen LogP contribution < -0.4 is 10.6 Å². The van der Waals surface area contributed by atoms with Gasteiger partial charge in [0.1, 0.15) is 5.82 Å². The van der Waals surface area contributed by atoms with Crippen LogP contribution in [0.3, 0.4) is 0 Å². The van der Waals surface area contributed by atoms with Gasteiger partial charge < -0.3 is 10.6 Å². The molecule has 2 heterocycles. The van der Waals surface area contributed by atoms with Crippen LogP contribution in [-0.2, 0) is 9.84 Å². The average Bonchev–Trinajstić information content (AvgIpc) is 2.87. The number of hydrogen-bond acceptors (Lipinski definition) is 5. The summed E-state index contributed by atoms with van der Waals surface area (Å²) in [5.74, 6) is 0.197. The Labute approximate surface area is 154 Å². The van der Waals surface area contributed by atoms with E-state index in [-0.39, 0.29) is 21.0 Å². The van der Waals surface area contributed by atoms with E-state index in [1.54, 1.807) is 24.3 Å². The summed E-state index contributed by atoms with van der Waals surface area (Å²) in [6.45, 7) is 7.14. The number of amides is 1. The van der Waals surface area contributed by atoms with Crippen LogP contribution >= 0.6 is 0 Å². The Balaban J connectivity index is 2.17. The molecule has 0 saturated carbocycles. The van der Waals surface area contributed by atoms with Crippen molar-refractivity contribution in [1.29, 1.82) is 0 Å². The van der Waals surface area contributed by atoms with E-state index in [4.69, 9.17) is 5.73 Å². The lowest BCUT2D eigenvalue weighted by molar-refractivity contribution is 0.0996. The molecule has 1 aromatic heterocycles. The van der Waals surface area contributed by atoms with Crippen LogP contribution in [0.5, 0.6) is 0 Å². The fourth-order valence-corrected chi connectivity index (χ4v) is 5.09. The molecule has 0 spiro atoms. The van der Waals surface area contributed by atoms with Gasteiger partial charge in [-0.25, -0.2) is 13.4 Å². The summed E-state index contributed by atoms with van der Waals surface area (Å²) in [6.07, 6.45) is 0.979. The van der Waals surface area contributed by atoms with Crippen LogP contribution in [0.25, 0.3) is 0 Å². The smallest absolute Gasteiger partial charge is 0.251 e. The topological polar surface area (TPSA) is 93.4 Å². The summed E-state index contributed by atoms with van der Waals surface area (Å²) in [7, 11) is -3.96. The number of sulfone groups is 1. The lowest BCUT2D eigenvalue weighted by Crippen LogP contribution is -2.39. The Kier molecular flexibility index (Phi) is 4.52. The number of pyridine rings is 1. The molecule has 1 aliphatic heterocycles. The molecule has 7 heteroatoms. The molecular weight excluding hydrogens is 350 g/mol. The number of rotatable bonds is 4. The lowest BCUT2D eigenvalue weighted by Gasteiger charge is -2.33. The van der Waals surface area contributed by atoms with E-state index in [1.165, 1.54) is 18.2 Å². The van der Waals surface area contributed by atoms with Gasteiger partial charge in [0.2, 0.25) is 9.84 Å². The van der Waals surface area contributed by atoms with Crippen LogP contribution in [0.15, 0.2) is 52.4 Å². The van der Waals surface area contributed by atoms with E-state index in [9.17, 15) is 13.2 Å². The molecule has 3 rings (SSSR count). The van der Waals surface area contributed by atoms with Gasteiger partial charge in [-0.2, -0.15) is 0 Å². The molecule has 0 bridgehead atoms. The first-order valence-electron chi connectivity index (χ1n) is 8.51. The monoisotopic (exact) mass is 373 g/mol. The van der Waals surface area contributed by atoms with Gasteiger partial charge >= 0.3 is 0 Å². The molecule has 0 unspecified atom stereocenters. The largest absolute Gasteiger partial charge is 0.366 e. The van der Waals surface area contributed by atoms with E-state index < -0.39 is 15.7 Å². The number of anilines is 1. The summed E-state index contributed by atoms with van der Waals surface area (Å²) >= 11 is 0. The molecule has 1 fully saturated rings. The SMILES string of the molecule is C[C@@H]1CN(c2ccc(C(N)=O)c(S(=O)(=O)c3ccccc3)n2)C(C)(C)C1. The van der Waals surface area contributed by atoms with E-state index >= 15 is 0 Å². The van der Waals surface area contributed by atoms with Gasteiger partial charge in [0, 0.05) is 12.1 Å². The molecule has 1 amide bonds. The summed E-state index contributed by atoms with van der Waals surface area (Å²) in [6, 6.07) is 11.1. The third-order valence-corrected chi connectivity index (χ3v) is 6.48. The number of nitrogens with zero attached hydrogens (tertiary/aromatic N) is 2. The summed E-state index contributed by atoms with van der Waals surface area (Å²) in [5, 5.41) is -0.288. The number of nitrogens with two attached hydrogens (primary N) is 1. The highest BCUT2D eigenvalue weighted by Gasteiger charge is 2.38. The predicted molar refractivity (Wildman–Crippen MR) is 99.9 cm³/mol. The third-order valence-electron chi connectivity index (χ3n) is 4.77. The molecule has 1 saturated heterocycles. The number of hydrogen-bond donors (Lipinski definition) is 1. The van der Waals surface area contributed by atoms with Crippen molar-refractivity contribution in [3.63, 3.8) is 0 Å². The highest BCUT2D eigenvalue weighted by atomic mass is 32.2. The van der Waals surface area contributed by atoms with E-state index in [0.29, 0.717) is 11.7 Å². The third kappa shape index (κ3) is 3.19. The molecule has 1 atom stereocenters. The first kappa shape index (κ1) is 18.4. The molecule has 0 aliphatic carbocycles. The predicted octanol–water partition coefficient (Wildman–Crippen LogP) is 2.64. The van der Waals surface area contributed by atoms with Gasteiger partial charge in [-0.05, 0) is 50.5 Å². The van der Waals surface area contributed by atoms with Crippen molar-refractivity contribution in [2.24, 2.45) is 11.7 Å². The number of carbonyl (C=O) groups excluding carboxylic acids is 1. The van der Waals surface area contributed by atoms with Gasteiger partial charge in [-0.3, -0.25) is 4.79 Å². The van der Waals surface area contributed by atoms with Crippen LogP contribution in [0.2, 0.25) is 0 Å². The maximum Gasteiger partial charge on any atom is 0.251 e. The van der Waals surface area contributed by atoms with Gasteiger partial charge in [-0.15, -0.1) is 0 Å². The molecule has 2 aromatic rings. The molecular formula is C19H23N3O3S. The number of carbonyl (C=O) groups is 1. The number of benzene rings is 1. The zero-order valence-electron chi connectivity index (χ0n) is 15.1. The van der Waals surface area contributed by atoms with Crippen LogP contribution in [0.1, 0.15) is 37.6 Å². The van der Waals surface area contributed by atoms with Crippen molar-refractivity contribution < 1.29 is 13.2 Å². The molecule has 6 nitrogen and oxygen atoms in total. The minimum atomic E-state index is -3.96. The second-order valence-electron chi connectivity index (χ2n) is 7.44. The quantitative estimate of drug-likeness (QED) is 0.889.